The number of anilines is 1. The Morgan fingerprint density at radius 1 is 1.11 bits per heavy atom. The normalized spacial score (nSPS) is 10.9. The molecule has 1 amide bonds. The molecular formula is C21H18N4O2S. The standard InChI is InChI=1S/C21H18N4O2S/c1-13-5-3-7-15(9-13)18-19-20(28-24-18)21(27)25(12-22-19)11-17(26)23-16-8-4-6-14(2)10-16/h3-10,12H,11H2,1-2H3,(H,23,26). The van der Waals surface area contributed by atoms with E-state index in [-0.39, 0.29) is 18.0 Å². The first-order valence-corrected chi connectivity index (χ1v) is 9.57. The topological polar surface area (TPSA) is 76.9 Å². The van der Waals surface area contributed by atoms with Crippen molar-refractivity contribution in [1.29, 1.82) is 0 Å². The van der Waals surface area contributed by atoms with E-state index in [1.54, 1.807) is 0 Å². The first-order valence-electron chi connectivity index (χ1n) is 8.79. The number of nitrogens with zero attached hydrogens (tertiary/aromatic N) is 3. The molecule has 2 aromatic carbocycles. The van der Waals surface area contributed by atoms with Gasteiger partial charge in [-0.15, -0.1) is 0 Å². The van der Waals surface area contributed by atoms with Gasteiger partial charge in [-0.25, -0.2) is 4.98 Å². The van der Waals surface area contributed by atoms with Crippen molar-refractivity contribution in [1.82, 2.24) is 13.9 Å². The summed E-state index contributed by atoms with van der Waals surface area (Å²) in [7, 11) is 0. The third-order valence-corrected chi connectivity index (χ3v) is 5.18. The van der Waals surface area contributed by atoms with Gasteiger partial charge in [0.1, 0.15) is 22.5 Å². The van der Waals surface area contributed by atoms with E-state index < -0.39 is 0 Å². The molecule has 0 unspecified atom stereocenters. The average Bonchev–Trinajstić information content (AvgIpc) is 3.09. The van der Waals surface area contributed by atoms with E-state index in [0.29, 0.717) is 21.6 Å². The second-order valence-electron chi connectivity index (χ2n) is 6.67. The highest BCUT2D eigenvalue weighted by molar-refractivity contribution is 7.13. The molecule has 0 aliphatic carbocycles. The van der Waals surface area contributed by atoms with Crippen LogP contribution in [-0.4, -0.2) is 19.8 Å². The van der Waals surface area contributed by atoms with Crippen LogP contribution < -0.4 is 10.9 Å². The fourth-order valence-electron chi connectivity index (χ4n) is 3.03. The summed E-state index contributed by atoms with van der Waals surface area (Å²) < 4.78 is 6.19. The number of fused-ring (bicyclic) bond motifs is 1. The van der Waals surface area contributed by atoms with Crippen LogP contribution in [0.2, 0.25) is 0 Å². The van der Waals surface area contributed by atoms with Crippen LogP contribution in [0.3, 0.4) is 0 Å². The van der Waals surface area contributed by atoms with E-state index >= 15 is 0 Å². The SMILES string of the molecule is Cc1cccc(NC(=O)Cn2cnc3c(-c4cccc(C)c4)nsc3c2=O)c1. The Morgan fingerprint density at radius 2 is 1.86 bits per heavy atom. The van der Waals surface area contributed by atoms with Crippen LogP contribution in [0.15, 0.2) is 59.7 Å². The molecule has 2 heterocycles. The molecule has 7 heteroatoms. The molecule has 28 heavy (non-hydrogen) atoms. The fraction of sp³-hybridized carbons (Fsp3) is 0.143. The molecule has 0 aliphatic heterocycles. The molecule has 0 radical (unpaired) electrons. The molecule has 0 atom stereocenters. The van der Waals surface area contributed by atoms with Gasteiger partial charge in [-0.1, -0.05) is 35.9 Å². The minimum Gasteiger partial charge on any atom is -0.325 e. The van der Waals surface area contributed by atoms with Crippen LogP contribution in [0.1, 0.15) is 11.1 Å². The van der Waals surface area contributed by atoms with Crippen LogP contribution >= 0.6 is 11.5 Å². The lowest BCUT2D eigenvalue weighted by molar-refractivity contribution is -0.116. The van der Waals surface area contributed by atoms with E-state index in [2.05, 4.69) is 14.7 Å². The van der Waals surface area contributed by atoms with Crippen molar-refractivity contribution in [2.75, 3.05) is 5.32 Å². The van der Waals surface area contributed by atoms with Gasteiger partial charge in [0, 0.05) is 11.3 Å². The van der Waals surface area contributed by atoms with Crippen molar-refractivity contribution in [3.05, 3.63) is 76.3 Å². The third-order valence-electron chi connectivity index (χ3n) is 4.36. The lowest BCUT2D eigenvalue weighted by Crippen LogP contribution is -2.27. The predicted molar refractivity (Wildman–Crippen MR) is 112 cm³/mol. The van der Waals surface area contributed by atoms with E-state index in [1.807, 2.05) is 62.4 Å². The number of rotatable bonds is 4. The third kappa shape index (κ3) is 3.57. The molecular weight excluding hydrogens is 372 g/mol. The highest BCUT2D eigenvalue weighted by Crippen LogP contribution is 2.27. The number of aromatic nitrogens is 3. The lowest BCUT2D eigenvalue weighted by atomic mass is 10.1. The van der Waals surface area contributed by atoms with Gasteiger partial charge >= 0.3 is 0 Å². The Kier molecular flexibility index (Phi) is 4.75. The molecule has 4 aromatic rings. The lowest BCUT2D eigenvalue weighted by Gasteiger charge is -2.08. The Hall–Kier alpha value is -3.32. The van der Waals surface area contributed by atoms with Crippen molar-refractivity contribution in [3.63, 3.8) is 0 Å². The minimum absolute atomic E-state index is 0.104. The van der Waals surface area contributed by atoms with E-state index in [0.717, 1.165) is 28.2 Å². The van der Waals surface area contributed by atoms with Gasteiger partial charge < -0.3 is 5.32 Å². The van der Waals surface area contributed by atoms with Crippen LogP contribution in [0, 0.1) is 13.8 Å². The summed E-state index contributed by atoms with van der Waals surface area (Å²) in [5, 5.41) is 2.81. The summed E-state index contributed by atoms with van der Waals surface area (Å²) in [5.74, 6) is -0.280. The zero-order chi connectivity index (χ0) is 19.7. The summed E-state index contributed by atoms with van der Waals surface area (Å²) in [5.41, 5.74) is 4.78. The predicted octanol–water partition coefficient (Wildman–Crippen LogP) is 3.78. The highest BCUT2D eigenvalue weighted by Gasteiger charge is 2.15. The molecule has 0 fully saturated rings. The first kappa shape index (κ1) is 18.1. The van der Waals surface area contributed by atoms with Gasteiger partial charge in [0.15, 0.2) is 0 Å². The maximum Gasteiger partial charge on any atom is 0.273 e. The monoisotopic (exact) mass is 390 g/mol. The van der Waals surface area contributed by atoms with Crippen LogP contribution in [0.5, 0.6) is 0 Å². The first-order chi connectivity index (χ1) is 13.5. The van der Waals surface area contributed by atoms with Gasteiger partial charge in [-0.3, -0.25) is 14.2 Å². The number of carbonyl (C=O) groups excluding carboxylic acids is 1. The van der Waals surface area contributed by atoms with Crippen molar-refractivity contribution in [2.45, 2.75) is 20.4 Å². The number of hydrogen-bond acceptors (Lipinski definition) is 5. The van der Waals surface area contributed by atoms with Crippen LogP contribution in [-0.2, 0) is 11.3 Å². The fourth-order valence-corrected chi connectivity index (χ4v) is 3.83. The quantitative estimate of drug-likeness (QED) is 0.575. The van der Waals surface area contributed by atoms with Crippen LogP contribution in [0.25, 0.3) is 21.5 Å². The Bertz CT molecular complexity index is 1240. The van der Waals surface area contributed by atoms with Crippen molar-refractivity contribution in [3.8, 4) is 11.3 Å². The van der Waals surface area contributed by atoms with E-state index in [4.69, 9.17) is 0 Å². The second kappa shape index (κ2) is 7.36. The molecule has 1 N–H and O–H groups in total. The van der Waals surface area contributed by atoms with E-state index in [9.17, 15) is 9.59 Å². The van der Waals surface area contributed by atoms with Crippen molar-refractivity contribution < 1.29 is 4.79 Å². The minimum atomic E-state index is -0.280. The molecule has 0 saturated heterocycles. The van der Waals surface area contributed by atoms with Gasteiger partial charge in [0.2, 0.25) is 5.91 Å². The Balaban J connectivity index is 1.62. The maximum absolute atomic E-state index is 12.8. The summed E-state index contributed by atoms with van der Waals surface area (Å²) in [6.45, 7) is 3.85. The molecule has 6 nitrogen and oxygen atoms in total. The van der Waals surface area contributed by atoms with Crippen molar-refractivity contribution >= 4 is 33.3 Å². The maximum atomic E-state index is 12.8. The van der Waals surface area contributed by atoms with Crippen molar-refractivity contribution in [2.24, 2.45) is 0 Å². The van der Waals surface area contributed by atoms with Gasteiger partial charge in [0.05, 0.1) is 6.33 Å². The molecule has 140 valence electrons. The van der Waals surface area contributed by atoms with Gasteiger partial charge in [-0.2, -0.15) is 4.37 Å². The molecule has 0 bridgehead atoms. The molecule has 4 rings (SSSR count). The average molecular weight is 390 g/mol. The molecule has 0 spiro atoms. The smallest absolute Gasteiger partial charge is 0.273 e. The number of benzene rings is 2. The molecule has 0 aliphatic rings. The summed E-state index contributed by atoms with van der Waals surface area (Å²) in [6, 6.07) is 15.4. The van der Waals surface area contributed by atoms with Gasteiger partial charge in [0.25, 0.3) is 5.56 Å². The Morgan fingerprint density at radius 3 is 2.61 bits per heavy atom. The van der Waals surface area contributed by atoms with Gasteiger partial charge in [-0.05, 0) is 49.1 Å². The summed E-state index contributed by atoms with van der Waals surface area (Å²) in [4.78, 5) is 29.5. The number of nitrogens with one attached hydrogen (secondary N) is 1. The number of aryl methyl sites for hydroxylation is 2. The van der Waals surface area contributed by atoms with E-state index in [1.165, 1.54) is 10.9 Å². The second-order valence-corrected chi connectivity index (χ2v) is 7.45. The number of amides is 1. The highest BCUT2D eigenvalue weighted by atomic mass is 32.1. The number of carbonyl (C=O) groups is 1. The summed E-state index contributed by atoms with van der Waals surface area (Å²) in [6.07, 6.45) is 1.41. The Labute approximate surface area is 165 Å². The summed E-state index contributed by atoms with van der Waals surface area (Å²) >= 11 is 1.11. The largest absolute Gasteiger partial charge is 0.325 e. The molecule has 0 saturated carbocycles. The molecule has 2 aromatic heterocycles. The van der Waals surface area contributed by atoms with Crippen LogP contribution in [0.4, 0.5) is 5.69 Å². The zero-order valence-electron chi connectivity index (χ0n) is 15.5. The zero-order valence-corrected chi connectivity index (χ0v) is 16.3. The number of hydrogen-bond donors (Lipinski definition) is 1.